The molecule has 5 rings (SSSR count). The molecule has 0 radical (unpaired) electrons. The standard InChI is InChI=1S/C28H23N5O5/c1-18-23(32-28(34)37-17-22-6-5-13-36-22)16-33-27(18)26(19(14-29)15-30-33)31-20-9-11-21(12-10-20)38-25-8-4-3-7-24(25)35-2/h3-13,15-16,31H,17H2,1-2H3,(H,32,34). The molecule has 0 unspecified atom stereocenters. The highest BCUT2D eigenvalue weighted by Crippen LogP contribution is 2.34. The lowest BCUT2D eigenvalue weighted by Gasteiger charge is -2.13. The molecular formula is C28H23N5O5. The number of furan rings is 1. The summed E-state index contributed by atoms with van der Waals surface area (Å²) in [6.07, 6.45) is 4.00. The van der Waals surface area contributed by atoms with E-state index in [1.165, 1.54) is 12.5 Å². The van der Waals surface area contributed by atoms with Crippen LogP contribution in [0.2, 0.25) is 0 Å². The van der Waals surface area contributed by atoms with Gasteiger partial charge in [0.15, 0.2) is 18.1 Å². The number of hydrogen-bond acceptors (Lipinski definition) is 8. The van der Waals surface area contributed by atoms with Crippen molar-refractivity contribution in [2.75, 3.05) is 17.7 Å². The number of carbonyl (C=O) groups excluding carboxylic acids is 1. The summed E-state index contributed by atoms with van der Waals surface area (Å²) in [6.45, 7) is 1.83. The Morgan fingerprint density at radius 2 is 1.89 bits per heavy atom. The monoisotopic (exact) mass is 509 g/mol. The normalized spacial score (nSPS) is 10.6. The van der Waals surface area contributed by atoms with E-state index in [4.69, 9.17) is 18.6 Å². The van der Waals surface area contributed by atoms with Gasteiger partial charge in [-0.15, -0.1) is 0 Å². The molecule has 2 N–H and O–H groups in total. The van der Waals surface area contributed by atoms with Gasteiger partial charge in [0.05, 0.1) is 48.2 Å². The molecular weight excluding hydrogens is 486 g/mol. The summed E-state index contributed by atoms with van der Waals surface area (Å²) >= 11 is 0. The Morgan fingerprint density at radius 3 is 2.61 bits per heavy atom. The zero-order valence-corrected chi connectivity index (χ0v) is 20.6. The van der Waals surface area contributed by atoms with Crippen LogP contribution in [0.15, 0.2) is 83.7 Å². The highest BCUT2D eigenvalue weighted by atomic mass is 16.6. The summed E-state index contributed by atoms with van der Waals surface area (Å²) in [5.74, 6) is 2.39. The van der Waals surface area contributed by atoms with Gasteiger partial charge in [0.2, 0.25) is 0 Å². The number of rotatable bonds is 8. The highest BCUT2D eigenvalue weighted by molar-refractivity contribution is 5.92. The van der Waals surface area contributed by atoms with E-state index < -0.39 is 6.09 Å². The summed E-state index contributed by atoms with van der Waals surface area (Å²) in [7, 11) is 1.59. The number of aromatic nitrogens is 2. The number of nitrogens with zero attached hydrogens (tertiary/aromatic N) is 3. The van der Waals surface area contributed by atoms with Crippen molar-refractivity contribution < 1.29 is 23.4 Å². The van der Waals surface area contributed by atoms with Crippen molar-refractivity contribution in [3.63, 3.8) is 0 Å². The van der Waals surface area contributed by atoms with E-state index in [0.717, 1.165) is 5.69 Å². The zero-order valence-electron chi connectivity index (χ0n) is 20.6. The number of ether oxygens (including phenoxy) is 3. The lowest BCUT2D eigenvalue weighted by molar-refractivity contribution is 0.146. The Hall–Kier alpha value is -5.43. The molecule has 0 atom stereocenters. The first-order valence-electron chi connectivity index (χ1n) is 11.6. The fraction of sp³-hybridized carbons (Fsp3) is 0.107. The number of benzene rings is 2. The zero-order chi connectivity index (χ0) is 26.5. The van der Waals surface area contributed by atoms with E-state index in [0.29, 0.717) is 51.0 Å². The van der Waals surface area contributed by atoms with Crippen molar-refractivity contribution in [1.82, 2.24) is 9.61 Å². The molecule has 38 heavy (non-hydrogen) atoms. The van der Waals surface area contributed by atoms with Crippen LogP contribution in [0.5, 0.6) is 17.2 Å². The van der Waals surface area contributed by atoms with Gasteiger partial charge < -0.3 is 23.9 Å². The van der Waals surface area contributed by atoms with Crippen LogP contribution in [0.1, 0.15) is 16.9 Å². The fourth-order valence-electron chi connectivity index (χ4n) is 3.88. The third kappa shape index (κ3) is 5.08. The van der Waals surface area contributed by atoms with Crippen molar-refractivity contribution in [3.05, 3.63) is 96.2 Å². The molecule has 190 valence electrons. The number of fused-ring (bicyclic) bond motifs is 1. The highest BCUT2D eigenvalue weighted by Gasteiger charge is 2.18. The van der Waals surface area contributed by atoms with Crippen LogP contribution in [0, 0.1) is 18.3 Å². The number of nitriles is 1. The SMILES string of the molecule is COc1ccccc1Oc1ccc(Nc2c(C#N)cnn3cc(NC(=O)OCc4ccco4)c(C)c23)cc1. The molecule has 0 spiro atoms. The van der Waals surface area contributed by atoms with Gasteiger partial charge in [0.1, 0.15) is 17.6 Å². The van der Waals surface area contributed by atoms with Gasteiger partial charge in [-0.3, -0.25) is 5.32 Å². The van der Waals surface area contributed by atoms with Crippen molar-refractivity contribution in [1.29, 1.82) is 5.26 Å². The molecule has 0 aliphatic carbocycles. The molecule has 5 aromatic rings. The Balaban J connectivity index is 1.36. The third-order valence-electron chi connectivity index (χ3n) is 5.76. The summed E-state index contributed by atoms with van der Waals surface area (Å²) in [5, 5.41) is 20.1. The molecule has 10 nitrogen and oxygen atoms in total. The second-order valence-corrected chi connectivity index (χ2v) is 8.19. The Kier molecular flexibility index (Phi) is 6.82. The van der Waals surface area contributed by atoms with Gasteiger partial charge in [0.25, 0.3) is 0 Å². The molecule has 0 fully saturated rings. The molecule has 10 heteroatoms. The maximum absolute atomic E-state index is 12.3. The third-order valence-corrected chi connectivity index (χ3v) is 5.76. The lowest BCUT2D eigenvalue weighted by atomic mass is 10.1. The van der Waals surface area contributed by atoms with Crippen LogP contribution in [0.3, 0.4) is 0 Å². The number of carbonyl (C=O) groups is 1. The molecule has 3 heterocycles. The first-order chi connectivity index (χ1) is 18.6. The summed E-state index contributed by atoms with van der Waals surface area (Å²) < 4.78 is 23.3. The molecule has 0 bridgehead atoms. The van der Waals surface area contributed by atoms with Crippen LogP contribution in [0.25, 0.3) is 5.52 Å². The Labute approximate surface area is 218 Å². The molecule has 0 saturated carbocycles. The minimum atomic E-state index is -0.638. The van der Waals surface area contributed by atoms with E-state index in [1.807, 2.05) is 55.5 Å². The smallest absolute Gasteiger partial charge is 0.412 e. The lowest BCUT2D eigenvalue weighted by Crippen LogP contribution is -2.13. The second kappa shape index (κ2) is 10.7. The average molecular weight is 510 g/mol. The van der Waals surface area contributed by atoms with E-state index in [-0.39, 0.29) is 6.61 Å². The first kappa shape index (κ1) is 24.3. The van der Waals surface area contributed by atoms with Crippen molar-refractivity contribution in [3.8, 4) is 23.3 Å². The second-order valence-electron chi connectivity index (χ2n) is 8.19. The Bertz CT molecular complexity index is 1620. The molecule has 2 aromatic carbocycles. The van der Waals surface area contributed by atoms with E-state index in [1.54, 1.807) is 30.0 Å². The van der Waals surface area contributed by atoms with E-state index in [9.17, 15) is 10.1 Å². The van der Waals surface area contributed by atoms with Crippen LogP contribution in [-0.2, 0) is 11.3 Å². The van der Waals surface area contributed by atoms with Crippen LogP contribution in [-0.4, -0.2) is 22.8 Å². The summed E-state index contributed by atoms with van der Waals surface area (Å²) in [6, 6.07) is 20.3. The maximum Gasteiger partial charge on any atom is 0.412 e. The summed E-state index contributed by atoms with van der Waals surface area (Å²) in [5.41, 5.74) is 3.48. The van der Waals surface area contributed by atoms with Crippen molar-refractivity contribution in [2.24, 2.45) is 0 Å². The molecule has 0 saturated heterocycles. The predicted octanol–water partition coefficient (Wildman–Crippen LogP) is 6.40. The number of hydrogen-bond donors (Lipinski definition) is 2. The number of methoxy groups -OCH3 is 1. The summed E-state index contributed by atoms with van der Waals surface area (Å²) in [4.78, 5) is 12.3. The number of para-hydroxylation sites is 2. The van der Waals surface area contributed by atoms with E-state index in [2.05, 4.69) is 21.8 Å². The van der Waals surface area contributed by atoms with Gasteiger partial charge in [-0.05, 0) is 55.5 Å². The first-order valence-corrected chi connectivity index (χ1v) is 11.6. The van der Waals surface area contributed by atoms with E-state index >= 15 is 0 Å². The van der Waals surface area contributed by atoms with Crippen LogP contribution < -0.4 is 20.1 Å². The minimum Gasteiger partial charge on any atom is -0.493 e. The van der Waals surface area contributed by atoms with Crippen molar-refractivity contribution in [2.45, 2.75) is 13.5 Å². The van der Waals surface area contributed by atoms with Gasteiger partial charge >= 0.3 is 6.09 Å². The Morgan fingerprint density at radius 1 is 1.11 bits per heavy atom. The fourth-order valence-corrected chi connectivity index (χ4v) is 3.88. The number of amides is 1. The largest absolute Gasteiger partial charge is 0.493 e. The molecule has 0 aliphatic rings. The van der Waals surface area contributed by atoms with Crippen molar-refractivity contribution >= 4 is 28.7 Å². The topological polar surface area (TPSA) is 123 Å². The number of anilines is 3. The molecule has 1 amide bonds. The van der Waals surface area contributed by atoms with Gasteiger partial charge in [0, 0.05) is 11.3 Å². The van der Waals surface area contributed by atoms with Crippen LogP contribution in [0.4, 0.5) is 21.9 Å². The number of aryl methyl sites for hydroxylation is 1. The molecule has 3 aromatic heterocycles. The quantitative estimate of drug-likeness (QED) is 0.246. The number of nitrogens with one attached hydrogen (secondary N) is 2. The van der Waals surface area contributed by atoms with Gasteiger partial charge in [-0.25, -0.2) is 9.31 Å². The minimum absolute atomic E-state index is 0.00561. The maximum atomic E-state index is 12.3. The van der Waals surface area contributed by atoms with Gasteiger partial charge in [-0.1, -0.05) is 12.1 Å². The van der Waals surface area contributed by atoms with Gasteiger partial charge in [-0.2, -0.15) is 10.4 Å². The molecule has 0 aliphatic heterocycles. The predicted molar refractivity (Wildman–Crippen MR) is 140 cm³/mol. The van der Waals surface area contributed by atoms with Crippen LogP contribution >= 0.6 is 0 Å². The average Bonchev–Trinajstić information content (AvgIpc) is 3.57.